The molecule has 3 N–H and O–H groups in total. The molecule has 0 aromatic carbocycles. The highest BCUT2D eigenvalue weighted by molar-refractivity contribution is 5.85. The summed E-state index contributed by atoms with van der Waals surface area (Å²) in [6.07, 6.45) is 3.25. The van der Waals surface area contributed by atoms with Crippen molar-refractivity contribution in [1.82, 2.24) is 5.32 Å². The zero-order chi connectivity index (χ0) is 9.61. The topological polar surface area (TPSA) is 55.1 Å². The van der Waals surface area contributed by atoms with Crippen LogP contribution in [0.25, 0.3) is 0 Å². The Labute approximate surface area is 74.0 Å². The van der Waals surface area contributed by atoms with Crippen molar-refractivity contribution in [2.75, 3.05) is 6.54 Å². The van der Waals surface area contributed by atoms with E-state index in [9.17, 15) is 4.79 Å². The Bertz CT molecular complexity index is 164. The second-order valence-electron chi connectivity index (χ2n) is 3.17. The van der Waals surface area contributed by atoms with Crippen LogP contribution in [0.2, 0.25) is 0 Å². The fourth-order valence-electron chi connectivity index (χ4n) is 1.000. The number of rotatable bonds is 5. The number of hydrogen-bond acceptors (Lipinski definition) is 2. The first kappa shape index (κ1) is 11.2. The van der Waals surface area contributed by atoms with Gasteiger partial charge >= 0.3 is 0 Å². The van der Waals surface area contributed by atoms with Crippen LogP contribution in [0.5, 0.6) is 0 Å². The predicted octanol–water partition coefficient (Wildman–Crippen LogP) is 0.806. The van der Waals surface area contributed by atoms with Crippen molar-refractivity contribution in [1.29, 1.82) is 0 Å². The highest BCUT2D eigenvalue weighted by atomic mass is 16.2. The Morgan fingerprint density at radius 1 is 1.75 bits per heavy atom. The van der Waals surface area contributed by atoms with Crippen LogP contribution in [0.3, 0.4) is 0 Å². The van der Waals surface area contributed by atoms with Crippen molar-refractivity contribution >= 4 is 5.91 Å². The standard InChI is InChI=1S/C9H18N2O/c1-4-6-9(3,10)8(12)11-7-5-2/h5H,2,4,6-7,10H2,1,3H3,(H,11,12). The van der Waals surface area contributed by atoms with E-state index in [1.807, 2.05) is 6.92 Å². The van der Waals surface area contributed by atoms with Gasteiger partial charge in [-0.2, -0.15) is 0 Å². The minimum Gasteiger partial charge on any atom is -0.351 e. The molecule has 0 bridgehead atoms. The van der Waals surface area contributed by atoms with E-state index in [0.717, 1.165) is 6.42 Å². The van der Waals surface area contributed by atoms with Crippen LogP contribution in [0.1, 0.15) is 26.7 Å². The Morgan fingerprint density at radius 3 is 2.75 bits per heavy atom. The molecule has 0 heterocycles. The molecule has 3 nitrogen and oxygen atoms in total. The maximum absolute atomic E-state index is 11.3. The van der Waals surface area contributed by atoms with Crippen molar-refractivity contribution < 1.29 is 4.79 Å². The number of nitrogens with two attached hydrogens (primary N) is 1. The second kappa shape index (κ2) is 4.93. The first-order chi connectivity index (χ1) is 5.54. The molecule has 0 spiro atoms. The molecule has 0 rings (SSSR count). The van der Waals surface area contributed by atoms with E-state index in [1.54, 1.807) is 13.0 Å². The van der Waals surface area contributed by atoms with Gasteiger partial charge in [0.05, 0.1) is 5.54 Å². The van der Waals surface area contributed by atoms with Gasteiger partial charge in [-0.1, -0.05) is 19.4 Å². The van der Waals surface area contributed by atoms with Crippen LogP contribution in [0.15, 0.2) is 12.7 Å². The van der Waals surface area contributed by atoms with Gasteiger partial charge < -0.3 is 11.1 Å². The van der Waals surface area contributed by atoms with Crippen molar-refractivity contribution in [3.05, 3.63) is 12.7 Å². The number of amides is 1. The summed E-state index contributed by atoms with van der Waals surface area (Å²) in [5.41, 5.74) is 5.03. The molecule has 0 aliphatic heterocycles. The predicted molar refractivity (Wildman–Crippen MR) is 50.7 cm³/mol. The monoisotopic (exact) mass is 170 g/mol. The van der Waals surface area contributed by atoms with E-state index in [-0.39, 0.29) is 5.91 Å². The lowest BCUT2D eigenvalue weighted by Gasteiger charge is -2.22. The Balaban J connectivity index is 3.96. The third-order valence-corrected chi connectivity index (χ3v) is 1.70. The van der Waals surface area contributed by atoms with E-state index in [4.69, 9.17) is 5.73 Å². The van der Waals surface area contributed by atoms with Gasteiger partial charge in [0.1, 0.15) is 0 Å². The van der Waals surface area contributed by atoms with E-state index in [2.05, 4.69) is 11.9 Å². The number of hydrogen-bond donors (Lipinski definition) is 2. The Kier molecular flexibility index (Phi) is 4.59. The van der Waals surface area contributed by atoms with Gasteiger partial charge in [0.25, 0.3) is 0 Å². The fourth-order valence-corrected chi connectivity index (χ4v) is 1.000. The second-order valence-corrected chi connectivity index (χ2v) is 3.17. The first-order valence-corrected chi connectivity index (χ1v) is 4.22. The lowest BCUT2D eigenvalue weighted by atomic mass is 9.97. The highest BCUT2D eigenvalue weighted by Crippen LogP contribution is 2.07. The molecule has 1 atom stereocenters. The maximum Gasteiger partial charge on any atom is 0.240 e. The number of nitrogens with one attached hydrogen (secondary N) is 1. The molecule has 0 aromatic heterocycles. The molecule has 12 heavy (non-hydrogen) atoms. The number of carbonyl (C=O) groups is 1. The highest BCUT2D eigenvalue weighted by Gasteiger charge is 2.26. The van der Waals surface area contributed by atoms with E-state index >= 15 is 0 Å². The molecule has 0 aromatic rings. The van der Waals surface area contributed by atoms with Crippen LogP contribution in [-0.2, 0) is 4.79 Å². The summed E-state index contributed by atoms with van der Waals surface area (Å²) in [4.78, 5) is 11.3. The molecule has 0 aliphatic carbocycles. The quantitative estimate of drug-likeness (QED) is 0.600. The zero-order valence-electron chi connectivity index (χ0n) is 7.89. The minimum atomic E-state index is -0.738. The molecule has 3 heteroatoms. The summed E-state index contributed by atoms with van der Waals surface area (Å²) in [7, 11) is 0. The number of carbonyl (C=O) groups excluding carboxylic acids is 1. The normalized spacial score (nSPS) is 14.9. The van der Waals surface area contributed by atoms with Crippen LogP contribution in [0.4, 0.5) is 0 Å². The van der Waals surface area contributed by atoms with Gasteiger partial charge in [0.15, 0.2) is 0 Å². The smallest absolute Gasteiger partial charge is 0.240 e. The van der Waals surface area contributed by atoms with Crippen LogP contribution < -0.4 is 11.1 Å². The molecule has 70 valence electrons. The van der Waals surface area contributed by atoms with E-state index in [1.165, 1.54) is 0 Å². The third-order valence-electron chi connectivity index (χ3n) is 1.70. The molecule has 1 amide bonds. The third kappa shape index (κ3) is 3.53. The van der Waals surface area contributed by atoms with Gasteiger partial charge in [-0.25, -0.2) is 0 Å². The fraction of sp³-hybridized carbons (Fsp3) is 0.667. The SMILES string of the molecule is C=CCNC(=O)C(C)(N)CCC. The largest absolute Gasteiger partial charge is 0.351 e. The van der Waals surface area contributed by atoms with Gasteiger partial charge in [-0.3, -0.25) is 4.79 Å². The Hall–Kier alpha value is -0.830. The van der Waals surface area contributed by atoms with Crippen molar-refractivity contribution in [2.45, 2.75) is 32.2 Å². The lowest BCUT2D eigenvalue weighted by molar-refractivity contribution is -0.125. The lowest BCUT2D eigenvalue weighted by Crippen LogP contribution is -2.51. The van der Waals surface area contributed by atoms with E-state index in [0.29, 0.717) is 13.0 Å². The minimum absolute atomic E-state index is 0.107. The molecule has 0 saturated carbocycles. The van der Waals surface area contributed by atoms with Gasteiger partial charge in [-0.05, 0) is 13.3 Å². The summed E-state index contributed by atoms with van der Waals surface area (Å²) < 4.78 is 0. The summed E-state index contributed by atoms with van der Waals surface area (Å²) in [5.74, 6) is -0.107. The van der Waals surface area contributed by atoms with Gasteiger partial charge in [0, 0.05) is 6.54 Å². The zero-order valence-corrected chi connectivity index (χ0v) is 7.89. The van der Waals surface area contributed by atoms with E-state index < -0.39 is 5.54 Å². The first-order valence-electron chi connectivity index (χ1n) is 4.22. The molecule has 0 fully saturated rings. The van der Waals surface area contributed by atoms with Crippen molar-refractivity contribution in [3.63, 3.8) is 0 Å². The van der Waals surface area contributed by atoms with Crippen LogP contribution >= 0.6 is 0 Å². The average molecular weight is 170 g/mol. The molecule has 1 unspecified atom stereocenters. The molecular formula is C9H18N2O. The van der Waals surface area contributed by atoms with Crippen LogP contribution in [0, 0.1) is 0 Å². The summed E-state index contributed by atoms with van der Waals surface area (Å²) in [6, 6.07) is 0. The summed E-state index contributed by atoms with van der Waals surface area (Å²) in [6.45, 7) is 7.74. The summed E-state index contributed by atoms with van der Waals surface area (Å²) in [5, 5.41) is 2.68. The average Bonchev–Trinajstić information content (AvgIpc) is 2.00. The maximum atomic E-state index is 11.3. The molecular weight excluding hydrogens is 152 g/mol. The van der Waals surface area contributed by atoms with Crippen LogP contribution in [-0.4, -0.2) is 18.0 Å². The molecule has 0 saturated heterocycles. The Morgan fingerprint density at radius 2 is 2.33 bits per heavy atom. The van der Waals surface area contributed by atoms with Crippen molar-refractivity contribution in [2.24, 2.45) is 5.73 Å². The van der Waals surface area contributed by atoms with Gasteiger partial charge in [0.2, 0.25) is 5.91 Å². The molecule has 0 radical (unpaired) electrons. The van der Waals surface area contributed by atoms with Crippen molar-refractivity contribution in [3.8, 4) is 0 Å². The van der Waals surface area contributed by atoms with Gasteiger partial charge in [-0.15, -0.1) is 6.58 Å². The molecule has 0 aliphatic rings. The summed E-state index contributed by atoms with van der Waals surface area (Å²) >= 11 is 0.